The number of rotatable bonds is 4. The molecule has 28 heavy (non-hydrogen) atoms. The number of halogens is 2. The standard InChI is InChI=1S/C22H24F2N4/c1-21(11-12-21)15-8-9-20-25-13-17(28(20)14-15)16-5-4-7-19(26-16)27-18-6-2-3-10-22(18,23)24/h4-5,7-9,13-14,18H,2-3,6,10-12H2,1H3,(H,26,27)/t18-/m0/s1. The Hall–Kier alpha value is -2.50. The fraction of sp³-hybridized carbons (Fsp3) is 0.455. The molecular weight excluding hydrogens is 358 g/mol. The Morgan fingerprint density at radius 3 is 2.75 bits per heavy atom. The van der Waals surface area contributed by atoms with E-state index in [1.54, 1.807) is 12.3 Å². The van der Waals surface area contributed by atoms with E-state index < -0.39 is 12.0 Å². The molecule has 1 atom stereocenters. The summed E-state index contributed by atoms with van der Waals surface area (Å²) in [4.78, 5) is 9.12. The van der Waals surface area contributed by atoms with Crippen LogP contribution in [0.1, 0.15) is 51.0 Å². The van der Waals surface area contributed by atoms with Crippen molar-refractivity contribution in [1.82, 2.24) is 14.4 Å². The van der Waals surface area contributed by atoms with Crippen molar-refractivity contribution >= 4 is 11.5 Å². The number of aromatic nitrogens is 3. The van der Waals surface area contributed by atoms with E-state index in [1.165, 1.54) is 18.4 Å². The van der Waals surface area contributed by atoms with Crippen molar-refractivity contribution in [2.75, 3.05) is 5.32 Å². The number of imidazole rings is 1. The Morgan fingerprint density at radius 2 is 1.96 bits per heavy atom. The molecule has 3 aromatic heterocycles. The number of alkyl halides is 2. The Bertz CT molecular complexity index is 1020. The lowest BCUT2D eigenvalue weighted by molar-refractivity contribution is -0.0449. The van der Waals surface area contributed by atoms with Gasteiger partial charge in [-0.2, -0.15) is 0 Å². The van der Waals surface area contributed by atoms with Gasteiger partial charge in [-0.3, -0.25) is 4.40 Å². The SMILES string of the molecule is CC1(c2ccc3ncc(-c4cccc(N[C@H]5CCCCC5(F)F)n4)n3c2)CC1. The van der Waals surface area contributed by atoms with Crippen LogP contribution < -0.4 is 5.32 Å². The molecule has 5 rings (SSSR count). The van der Waals surface area contributed by atoms with Crippen LogP contribution in [0.25, 0.3) is 17.0 Å². The molecule has 3 aromatic rings. The molecular formula is C22H24F2N4. The molecule has 0 spiro atoms. The van der Waals surface area contributed by atoms with E-state index in [0.29, 0.717) is 18.7 Å². The van der Waals surface area contributed by atoms with Crippen LogP contribution in [0.4, 0.5) is 14.6 Å². The number of anilines is 1. The first-order valence-electron chi connectivity index (χ1n) is 10.0. The van der Waals surface area contributed by atoms with Gasteiger partial charge in [0.1, 0.15) is 11.5 Å². The third-order valence-corrected chi connectivity index (χ3v) is 6.30. The van der Waals surface area contributed by atoms with Crippen molar-refractivity contribution in [3.63, 3.8) is 0 Å². The summed E-state index contributed by atoms with van der Waals surface area (Å²) in [6, 6.07) is 8.85. The topological polar surface area (TPSA) is 42.2 Å². The van der Waals surface area contributed by atoms with Crippen LogP contribution in [-0.4, -0.2) is 26.3 Å². The van der Waals surface area contributed by atoms with Crippen molar-refractivity contribution in [1.29, 1.82) is 0 Å². The van der Waals surface area contributed by atoms with Crippen LogP contribution in [0.3, 0.4) is 0 Å². The smallest absolute Gasteiger partial charge is 0.267 e. The van der Waals surface area contributed by atoms with Crippen LogP contribution >= 0.6 is 0 Å². The summed E-state index contributed by atoms with van der Waals surface area (Å²) >= 11 is 0. The largest absolute Gasteiger partial charge is 0.361 e. The number of nitrogens with one attached hydrogen (secondary N) is 1. The van der Waals surface area contributed by atoms with Gasteiger partial charge in [0.25, 0.3) is 5.92 Å². The first-order chi connectivity index (χ1) is 13.4. The summed E-state index contributed by atoms with van der Waals surface area (Å²) in [5.41, 5.74) is 4.03. The molecule has 4 nitrogen and oxygen atoms in total. The maximum atomic E-state index is 14.2. The van der Waals surface area contributed by atoms with Gasteiger partial charge in [0.15, 0.2) is 0 Å². The summed E-state index contributed by atoms with van der Waals surface area (Å²) in [5.74, 6) is -2.20. The van der Waals surface area contributed by atoms with Crippen molar-refractivity contribution in [3.8, 4) is 11.4 Å². The maximum absolute atomic E-state index is 14.2. The third-order valence-electron chi connectivity index (χ3n) is 6.30. The molecule has 2 aliphatic rings. The van der Waals surface area contributed by atoms with E-state index in [1.807, 2.05) is 18.2 Å². The van der Waals surface area contributed by atoms with Gasteiger partial charge in [0, 0.05) is 12.6 Å². The number of hydrogen-bond acceptors (Lipinski definition) is 3. The molecule has 2 fully saturated rings. The van der Waals surface area contributed by atoms with Crippen molar-refractivity contribution < 1.29 is 8.78 Å². The molecule has 3 heterocycles. The van der Waals surface area contributed by atoms with E-state index in [0.717, 1.165) is 23.5 Å². The van der Waals surface area contributed by atoms with Gasteiger partial charge < -0.3 is 5.32 Å². The summed E-state index contributed by atoms with van der Waals surface area (Å²) in [6.07, 6.45) is 8.17. The van der Waals surface area contributed by atoms with Crippen LogP contribution in [0.15, 0.2) is 42.7 Å². The Labute approximate surface area is 163 Å². The Kier molecular flexibility index (Phi) is 3.93. The minimum atomic E-state index is -2.69. The zero-order valence-corrected chi connectivity index (χ0v) is 16.0. The van der Waals surface area contributed by atoms with Crippen LogP contribution in [0.5, 0.6) is 0 Å². The number of pyridine rings is 2. The molecule has 2 saturated carbocycles. The van der Waals surface area contributed by atoms with Gasteiger partial charge in [-0.05, 0) is 54.9 Å². The second-order valence-corrected chi connectivity index (χ2v) is 8.46. The zero-order chi connectivity index (χ0) is 19.4. The highest BCUT2D eigenvalue weighted by molar-refractivity contribution is 5.62. The second kappa shape index (κ2) is 6.26. The lowest BCUT2D eigenvalue weighted by Gasteiger charge is -2.32. The first-order valence-corrected chi connectivity index (χ1v) is 10.0. The molecule has 1 N–H and O–H groups in total. The molecule has 0 radical (unpaired) electrons. The first kappa shape index (κ1) is 17.6. The number of nitrogens with zero attached hydrogens (tertiary/aromatic N) is 3. The highest BCUT2D eigenvalue weighted by atomic mass is 19.3. The lowest BCUT2D eigenvalue weighted by atomic mass is 9.91. The Morgan fingerprint density at radius 1 is 1.11 bits per heavy atom. The predicted molar refractivity (Wildman–Crippen MR) is 106 cm³/mol. The van der Waals surface area contributed by atoms with Gasteiger partial charge in [-0.1, -0.05) is 25.5 Å². The number of hydrogen-bond donors (Lipinski definition) is 1. The second-order valence-electron chi connectivity index (χ2n) is 8.46. The van der Waals surface area contributed by atoms with Crippen molar-refractivity contribution in [2.45, 2.75) is 62.8 Å². The van der Waals surface area contributed by atoms with Crippen molar-refractivity contribution in [3.05, 3.63) is 48.3 Å². The molecule has 0 amide bonds. The third kappa shape index (κ3) is 3.05. The predicted octanol–water partition coefficient (Wildman–Crippen LogP) is 5.44. The maximum Gasteiger partial charge on any atom is 0.267 e. The van der Waals surface area contributed by atoms with E-state index in [2.05, 4.69) is 38.9 Å². The quantitative estimate of drug-likeness (QED) is 0.653. The van der Waals surface area contributed by atoms with Gasteiger partial charge >= 0.3 is 0 Å². The zero-order valence-electron chi connectivity index (χ0n) is 16.0. The van der Waals surface area contributed by atoms with Gasteiger partial charge in [0.2, 0.25) is 0 Å². The molecule has 146 valence electrons. The average molecular weight is 382 g/mol. The molecule has 2 aliphatic carbocycles. The summed E-state index contributed by atoms with van der Waals surface area (Å²) in [7, 11) is 0. The summed E-state index contributed by atoms with van der Waals surface area (Å²) in [6.45, 7) is 2.28. The van der Waals surface area contributed by atoms with Gasteiger partial charge in [-0.25, -0.2) is 18.7 Å². The number of fused-ring (bicyclic) bond motifs is 1. The summed E-state index contributed by atoms with van der Waals surface area (Å²) < 4.78 is 30.4. The molecule has 0 aliphatic heterocycles. The normalized spacial score (nSPS) is 22.9. The van der Waals surface area contributed by atoms with E-state index in [4.69, 9.17) is 0 Å². The lowest BCUT2D eigenvalue weighted by Crippen LogP contribution is -2.42. The molecule has 0 saturated heterocycles. The molecule has 0 bridgehead atoms. The monoisotopic (exact) mass is 382 g/mol. The summed E-state index contributed by atoms with van der Waals surface area (Å²) in [5, 5.41) is 2.98. The minimum Gasteiger partial charge on any atom is -0.361 e. The highest BCUT2D eigenvalue weighted by Gasteiger charge is 2.41. The fourth-order valence-corrected chi connectivity index (χ4v) is 4.11. The van der Waals surface area contributed by atoms with Crippen LogP contribution in [0, 0.1) is 0 Å². The highest BCUT2D eigenvalue weighted by Crippen LogP contribution is 2.47. The van der Waals surface area contributed by atoms with E-state index in [-0.39, 0.29) is 11.8 Å². The van der Waals surface area contributed by atoms with Gasteiger partial charge in [0.05, 0.1) is 23.6 Å². The van der Waals surface area contributed by atoms with E-state index in [9.17, 15) is 8.78 Å². The van der Waals surface area contributed by atoms with Crippen LogP contribution in [0.2, 0.25) is 0 Å². The van der Waals surface area contributed by atoms with Gasteiger partial charge in [-0.15, -0.1) is 0 Å². The fourth-order valence-electron chi connectivity index (χ4n) is 4.11. The molecule has 6 heteroatoms. The van der Waals surface area contributed by atoms with Crippen LogP contribution in [-0.2, 0) is 5.41 Å². The van der Waals surface area contributed by atoms with E-state index >= 15 is 0 Å². The molecule has 0 aromatic carbocycles. The van der Waals surface area contributed by atoms with Crippen molar-refractivity contribution in [2.24, 2.45) is 0 Å². The average Bonchev–Trinajstić information content (AvgIpc) is 3.29. The minimum absolute atomic E-state index is 0.0564. The Balaban J connectivity index is 1.48. The molecule has 0 unspecified atom stereocenters.